The smallest absolute Gasteiger partial charge is 0.264 e. The lowest BCUT2D eigenvalue weighted by Gasteiger charge is -2.07. The molecule has 1 aromatic rings. The quantitative estimate of drug-likeness (QED) is 0.434. The van der Waals surface area contributed by atoms with Crippen LogP contribution in [-0.2, 0) is 25.6 Å². The molecule has 9 heteroatoms. The molecular weight excluding hydrogens is 266 g/mol. The van der Waals surface area contributed by atoms with E-state index >= 15 is 0 Å². The standard InChI is InChI=1S/C8H13N3O4S2/c1-16-7-5-10-11(8(7)9-6-12)3-4-15-17(2,13)14/h5-6H,3-4H2,1-2H3,(H,9,12). The van der Waals surface area contributed by atoms with E-state index in [1.54, 1.807) is 6.20 Å². The summed E-state index contributed by atoms with van der Waals surface area (Å²) in [6.45, 7) is 0.214. The SMILES string of the molecule is CSc1cnn(CCOS(C)(=O)=O)c1NC=O. The van der Waals surface area contributed by atoms with E-state index in [0.717, 1.165) is 11.2 Å². The summed E-state index contributed by atoms with van der Waals surface area (Å²) in [4.78, 5) is 11.2. The monoisotopic (exact) mass is 279 g/mol. The van der Waals surface area contributed by atoms with Crippen LogP contribution in [0.15, 0.2) is 11.1 Å². The Kier molecular flexibility index (Phi) is 4.97. The van der Waals surface area contributed by atoms with Crippen molar-refractivity contribution in [3.63, 3.8) is 0 Å². The molecule has 0 saturated carbocycles. The van der Waals surface area contributed by atoms with E-state index in [1.165, 1.54) is 16.4 Å². The normalized spacial score (nSPS) is 11.4. The van der Waals surface area contributed by atoms with Gasteiger partial charge in [0.2, 0.25) is 6.41 Å². The fourth-order valence-corrected chi connectivity index (χ4v) is 2.05. The van der Waals surface area contributed by atoms with Crippen molar-refractivity contribution in [2.45, 2.75) is 11.4 Å². The lowest BCUT2D eigenvalue weighted by atomic mass is 10.6. The Morgan fingerprint density at radius 3 is 2.88 bits per heavy atom. The fraction of sp³-hybridized carbons (Fsp3) is 0.500. The Bertz CT molecular complexity index is 483. The molecule has 1 amide bonds. The van der Waals surface area contributed by atoms with Crippen LogP contribution >= 0.6 is 11.8 Å². The molecule has 0 saturated heterocycles. The van der Waals surface area contributed by atoms with Gasteiger partial charge in [0.05, 0.1) is 30.5 Å². The molecule has 0 spiro atoms. The lowest BCUT2D eigenvalue weighted by molar-refractivity contribution is -0.105. The molecule has 0 aromatic carbocycles. The lowest BCUT2D eigenvalue weighted by Crippen LogP contribution is -2.13. The minimum atomic E-state index is -3.45. The maximum atomic E-state index is 10.8. The fourth-order valence-electron chi connectivity index (χ4n) is 1.16. The number of nitrogens with one attached hydrogen (secondary N) is 1. The van der Waals surface area contributed by atoms with E-state index in [4.69, 9.17) is 0 Å². The van der Waals surface area contributed by atoms with Crippen LogP contribution in [0.1, 0.15) is 0 Å². The van der Waals surface area contributed by atoms with E-state index in [2.05, 4.69) is 14.6 Å². The molecule has 7 nitrogen and oxygen atoms in total. The van der Waals surface area contributed by atoms with Crippen LogP contribution in [0.2, 0.25) is 0 Å². The summed E-state index contributed by atoms with van der Waals surface area (Å²) in [5.74, 6) is 0.532. The zero-order chi connectivity index (χ0) is 12.9. The van der Waals surface area contributed by atoms with Crippen molar-refractivity contribution >= 4 is 34.1 Å². The van der Waals surface area contributed by atoms with Crippen molar-refractivity contribution in [1.82, 2.24) is 9.78 Å². The van der Waals surface area contributed by atoms with Crippen molar-refractivity contribution in [3.05, 3.63) is 6.20 Å². The average molecular weight is 279 g/mol. The van der Waals surface area contributed by atoms with Gasteiger partial charge in [-0.15, -0.1) is 11.8 Å². The van der Waals surface area contributed by atoms with Crippen molar-refractivity contribution in [3.8, 4) is 0 Å². The Labute approximate surface area is 104 Å². The van der Waals surface area contributed by atoms with Gasteiger partial charge in [0.15, 0.2) is 0 Å². The van der Waals surface area contributed by atoms with Gasteiger partial charge in [-0.05, 0) is 6.26 Å². The first-order chi connectivity index (χ1) is 7.98. The predicted octanol–water partition coefficient (Wildman–Crippen LogP) is 0.150. The molecule has 0 bridgehead atoms. The second kappa shape index (κ2) is 6.03. The molecule has 0 unspecified atom stereocenters. The maximum Gasteiger partial charge on any atom is 0.264 e. The summed E-state index contributed by atoms with van der Waals surface area (Å²) in [5.41, 5.74) is 0. The van der Waals surface area contributed by atoms with Crippen molar-refractivity contribution in [1.29, 1.82) is 0 Å². The van der Waals surface area contributed by atoms with Crippen molar-refractivity contribution < 1.29 is 17.4 Å². The molecule has 1 N–H and O–H groups in total. The zero-order valence-electron chi connectivity index (χ0n) is 9.41. The minimum absolute atomic E-state index is 0.0259. The highest BCUT2D eigenvalue weighted by molar-refractivity contribution is 7.98. The highest BCUT2D eigenvalue weighted by atomic mass is 32.2. The third kappa shape index (κ3) is 4.36. The third-order valence-corrected chi connectivity index (χ3v) is 3.16. The molecule has 1 aromatic heterocycles. The van der Waals surface area contributed by atoms with Gasteiger partial charge in [-0.3, -0.25) is 8.98 Å². The average Bonchev–Trinajstić information content (AvgIpc) is 2.60. The summed E-state index contributed by atoms with van der Waals surface area (Å²) in [6.07, 6.45) is 4.97. The number of amides is 1. The summed E-state index contributed by atoms with van der Waals surface area (Å²) in [7, 11) is -3.45. The van der Waals surface area contributed by atoms with E-state index in [0.29, 0.717) is 12.2 Å². The Balaban J connectivity index is 2.70. The second-order valence-corrected chi connectivity index (χ2v) is 5.57. The van der Waals surface area contributed by atoms with Crippen LogP contribution in [-0.4, -0.2) is 43.7 Å². The number of nitrogens with zero attached hydrogens (tertiary/aromatic N) is 2. The molecule has 96 valence electrons. The van der Waals surface area contributed by atoms with Crippen LogP contribution in [0.5, 0.6) is 0 Å². The van der Waals surface area contributed by atoms with E-state index in [1.807, 2.05) is 6.26 Å². The van der Waals surface area contributed by atoms with Crippen LogP contribution < -0.4 is 5.32 Å². The first kappa shape index (κ1) is 14.0. The second-order valence-electron chi connectivity index (χ2n) is 3.07. The topological polar surface area (TPSA) is 90.3 Å². The number of rotatable bonds is 7. The van der Waals surface area contributed by atoms with E-state index in [9.17, 15) is 13.2 Å². The van der Waals surface area contributed by atoms with E-state index in [-0.39, 0.29) is 13.2 Å². The predicted molar refractivity (Wildman–Crippen MR) is 64.5 cm³/mol. The van der Waals surface area contributed by atoms with Gasteiger partial charge in [-0.25, -0.2) is 4.68 Å². The van der Waals surface area contributed by atoms with Crippen LogP contribution in [0.3, 0.4) is 0 Å². The first-order valence-electron chi connectivity index (χ1n) is 4.62. The molecule has 0 aliphatic rings. The van der Waals surface area contributed by atoms with Crippen molar-refractivity contribution in [2.75, 3.05) is 24.4 Å². The summed E-state index contributed by atoms with van der Waals surface area (Å²) in [5, 5.41) is 6.54. The third-order valence-electron chi connectivity index (χ3n) is 1.82. The molecule has 0 aliphatic carbocycles. The molecule has 0 atom stereocenters. The number of anilines is 1. The Hall–Kier alpha value is -1.06. The van der Waals surface area contributed by atoms with Crippen molar-refractivity contribution in [2.24, 2.45) is 0 Å². The van der Waals surface area contributed by atoms with Gasteiger partial charge >= 0.3 is 0 Å². The number of thioether (sulfide) groups is 1. The molecule has 1 heterocycles. The highest BCUT2D eigenvalue weighted by Crippen LogP contribution is 2.24. The molecular formula is C8H13N3O4S2. The van der Waals surface area contributed by atoms with E-state index < -0.39 is 10.1 Å². The number of hydrogen-bond acceptors (Lipinski definition) is 6. The van der Waals surface area contributed by atoms with Crippen LogP contribution in [0.25, 0.3) is 0 Å². The molecule has 1 rings (SSSR count). The van der Waals surface area contributed by atoms with Crippen LogP contribution in [0.4, 0.5) is 5.82 Å². The molecule has 0 radical (unpaired) electrons. The van der Waals surface area contributed by atoms with Gasteiger partial charge in [0, 0.05) is 0 Å². The van der Waals surface area contributed by atoms with Gasteiger partial charge < -0.3 is 5.32 Å². The Morgan fingerprint density at radius 1 is 1.65 bits per heavy atom. The van der Waals surface area contributed by atoms with Gasteiger partial charge in [-0.1, -0.05) is 0 Å². The number of carbonyl (C=O) groups is 1. The number of hydrogen-bond donors (Lipinski definition) is 1. The molecule has 0 fully saturated rings. The zero-order valence-corrected chi connectivity index (χ0v) is 11.0. The maximum absolute atomic E-state index is 10.8. The van der Waals surface area contributed by atoms with Gasteiger partial charge in [-0.2, -0.15) is 13.5 Å². The highest BCUT2D eigenvalue weighted by Gasteiger charge is 2.10. The summed E-state index contributed by atoms with van der Waals surface area (Å²) < 4.78 is 27.6. The van der Waals surface area contributed by atoms with Gasteiger partial charge in [0.25, 0.3) is 10.1 Å². The first-order valence-corrected chi connectivity index (χ1v) is 7.66. The Morgan fingerprint density at radius 2 is 2.35 bits per heavy atom. The number of aromatic nitrogens is 2. The summed E-state index contributed by atoms with van der Waals surface area (Å²) >= 11 is 1.43. The molecule has 0 aliphatic heterocycles. The van der Waals surface area contributed by atoms with Crippen LogP contribution in [0, 0.1) is 0 Å². The largest absolute Gasteiger partial charge is 0.313 e. The minimum Gasteiger partial charge on any atom is -0.313 e. The van der Waals surface area contributed by atoms with Gasteiger partial charge in [0.1, 0.15) is 5.82 Å². The number of carbonyl (C=O) groups excluding carboxylic acids is 1. The summed E-state index contributed by atoms with van der Waals surface area (Å²) in [6, 6.07) is 0. The molecule has 17 heavy (non-hydrogen) atoms.